The highest BCUT2D eigenvalue weighted by Crippen LogP contribution is 2.40. The molecule has 3 aromatic heterocycles. The number of benzene rings is 7. The number of fused-ring (bicyclic) bond motifs is 9. The molecule has 0 bridgehead atoms. The molecular weight excluding hydrogens is 647 g/mol. The van der Waals surface area contributed by atoms with Gasteiger partial charge in [-0.15, -0.1) is 11.3 Å². The third kappa shape index (κ3) is 4.73. The van der Waals surface area contributed by atoms with E-state index in [1.54, 1.807) is 0 Å². The largest absolute Gasteiger partial charge is 0.456 e. The van der Waals surface area contributed by atoms with E-state index in [0.717, 1.165) is 60.6 Å². The van der Waals surface area contributed by atoms with Crippen LogP contribution >= 0.6 is 11.3 Å². The van der Waals surface area contributed by atoms with Crippen LogP contribution in [0.2, 0.25) is 0 Å². The van der Waals surface area contributed by atoms with Crippen molar-refractivity contribution in [1.29, 1.82) is 0 Å². The number of nitrogens with one attached hydrogen (secondary N) is 3. The van der Waals surface area contributed by atoms with Crippen molar-refractivity contribution in [3.63, 3.8) is 0 Å². The third-order valence-electron chi connectivity index (χ3n) is 10.4. The van der Waals surface area contributed by atoms with E-state index in [0.29, 0.717) is 0 Å². The van der Waals surface area contributed by atoms with E-state index in [1.165, 1.54) is 31.3 Å². The highest BCUT2D eigenvalue weighted by molar-refractivity contribution is 7.25. The lowest BCUT2D eigenvalue weighted by Crippen LogP contribution is -2.54. The van der Waals surface area contributed by atoms with Gasteiger partial charge in [-0.05, 0) is 70.8 Å². The van der Waals surface area contributed by atoms with Crippen LogP contribution in [-0.4, -0.2) is 0 Å². The zero-order valence-electron chi connectivity index (χ0n) is 27.4. The van der Waals surface area contributed by atoms with E-state index in [1.807, 2.05) is 23.5 Å². The van der Waals surface area contributed by atoms with E-state index in [9.17, 15) is 0 Å². The summed E-state index contributed by atoms with van der Waals surface area (Å²) < 4.78 is 15.4. The molecule has 0 radical (unpaired) electrons. The molecule has 1 aliphatic rings. The molecule has 6 heteroatoms. The van der Waals surface area contributed by atoms with Gasteiger partial charge in [-0.25, -0.2) is 0 Å². The van der Waals surface area contributed by atoms with Gasteiger partial charge in [0, 0.05) is 47.3 Å². The van der Waals surface area contributed by atoms with Crippen molar-refractivity contribution in [3.05, 3.63) is 168 Å². The Bertz CT molecular complexity index is 2940. The summed E-state index contributed by atoms with van der Waals surface area (Å²) in [7, 11) is 0. The van der Waals surface area contributed by atoms with Gasteiger partial charge >= 0.3 is 0 Å². The molecule has 3 atom stereocenters. The Morgan fingerprint density at radius 3 is 1.86 bits per heavy atom. The minimum absolute atomic E-state index is 0.0856. The number of rotatable bonds is 4. The standard InChI is InChI=1S/C45H31N3O2S/c1-2-9-26(10-3-1)43-46-44(29-19-22-41-36(25-29)31-12-5-7-16-40(31)51-41)48-45(47-43)33-14-8-13-32-35-24-28(18-21-39(35)50-42(32)33)27-17-20-38-34(23-27)30-11-4-6-15-37(30)49-38/h1-25,43-48H. The molecule has 0 amide bonds. The number of hydrogen-bond donors (Lipinski definition) is 3. The van der Waals surface area contributed by atoms with Gasteiger partial charge in [0.2, 0.25) is 0 Å². The molecule has 51 heavy (non-hydrogen) atoms. The summed E-state index contributed by atoms with van der Waals surface area (Å²) >= 11 is 1.85. The SMILES string of the molecule is c1ccc(C2NC(c3ccc4sc5ccccc5c4c3)NC(c3cccc4c3oc3ccc(-c5ccc6oc7ccccc7c6c5)cc34)N2)cc1. The summed E-state index contributed by atoms with van der Waals surface area (Å²) in [6.45, 7) is 0. The topological polar surface area (TPSA) is 62.4 Å². The second kappa shape index (κ2) is 11.4. The lowest BCUT2D eigenvalue weighted by molar-refractivity contribution is 0.203. The molecule has 4 heterocycles. The zero-order chi connectivity index (χ0) is 33.5. The third-order valence-corrected chi connectivity index (χ3v) is 11.6. The van der Waals surface area contributed by atoms with Crippen LogP contribution in [0.15, 0.2) is 160 Å². The van der Waals surface area contributed by atoms with Crippen LogP contribution in [-0.2, 0) is 0 Å². The first-order valence-electron chi connectivity index (χ1n) is 17.3. The Morgan fingerprint density at radius 2 is 1.02 bits per heavy atom. The van der Waals surface area contributed by atoms with Crippen LogP contribution in [0.5, 0.6) is 0 Å². The van der Waals surface area contributed by atoms with Crippen molar-refractivity contribution in [2.45, 2.75) is 18.5 Å². The fourth-order valence-electron chi connectivity index (χ4n) is 7.91. The van der Waals surface area contributed by atoms with Crippen LogP contribution in [0.3, 0.4) is 0 Å². The molecule has 0 saturated carbocycles. The van der Waals surface area contributed by atoms with Crippen LogP contribution in [0.25, 0.3) is 75.2 Å². The van der Waals surface area contributed by atoms with Gasteiger partial charge in [0.1, 0.15) is 22.3 Å². The first kappa shape index (κ1) is 29.0. The van der Waals surface area contributed by atoms with E-state index in [4.69, 9.17) is 8.83 Å². The molecule has 0 aliphatic carbocycles. The highest BCUT2D eigenvalue weighted by Gasteiger charge is 2.31. The van der Waals surface area contributed by atoms with Gasteiger partial charge in [-0.1, -0.05) is 103 Å². The summed E-state index contributed by atoms with van der Waals surface area (Å²) in [5.41, 5.74) is 9.30. The van der Waals surface area contributed by atoms with Crippen molar-refractivity contribution in [2.24, 2.45) is 0 Å². The quantitative estimate of drug-likeness (QED) is 0.173. The van der Waals surface area contributed by atoms with Gasteiger partial charge in [0.15, 0.2) is 0 Å². The molecule has 3 N–H and O–H groups in total. The molecule has 0 spiro atoms. The van der Waals surface area contributed by atoms with E-state index in [-0.39, 0.29) is 18.5 Å². The second-order valence-electron chi connectivity index (χ2n) is 13.4. The van der Waals surface area contributed by atoms with Crippen molar-refractivity contribution in [1.82, 2.24) is 16.0 Å². The fraction of sp³-hybridized carbons (Fsp3) is 0.0667. The fourth-order valence-corrected chi connectivity index (χ4v) is 9.00. The van der Waals surface area contributed by atoms with Crippen molar-refractivity contribution in [2.75, 3.05) is 0 Å². The predicted molar refractivity (Wildman–Crippen MR) is 210 cm³/mol. The molecule has 11 rings (SSSR count). The molecule has 3 unspecified atom stereocenters. The number of furan rings is 2. The van der Waals surface area contributed by atoms with Gasteiger partial charge in [-0.3, -0.25) is 16.0 Å². The first-order valence-corrected chi connectivity index (χ1v) is 18.2. The van der Waals surface area contributed by atoms with E-state index < -0.39 is 0 Å². The van der Waals surface area contributed by atoms with Crippen LogP contribution in [0.4, 0.5) is 0 Å². The molecule has 1 saturated heterocycles. The minimum atomic E-state index is -0.183. The zero-order valence-corrected chi connectivity index (χ0v) is 28.2. The van der Waals surface area contributed by atoms with Gasteiger partial charge in [0.25, 0.3) is 0 Å². The van der Waals surface area contributed by atoms with Crippen molar-refractivity contribution in [3.8, 4) is 11.1 Å². The van der Waals surface area contributed by atoms with Gasteiger partial charge in [0.05, 0.1) is 18.5 Å². The normalized spacial score (nSPS) is 18.2. The Balaban J connectivity index is 1.01. The molecule has 10 aromatic rings. The van der Waals surface area contributed by atoms with Crippen LogP contribution < -0.4 is 16.0 Å². The van der Waals surface area contributed by atoms with Crippen LogP contribution in [0, 0.1) is 0 Å². The second-order valence-corrected chi connectivity index (χ2v) is 14.5. The Morgan fingerprint density at radius 1 is 0.392 bits per heavy atom. The Hall–Kier alpha value is -5.76. The molecule has 244 valence electrons. The minimum Gasteiger partial charge on any atom is -0.456 e. The summed E-state index contributed by atoms with van der Waals surface area (Å²) in [5, 5.41) is 18.7. The lowest BCUT2D eigenvalue weighted by Gasteiger charge is -2.39. The van der Waals surface area contributed by atoms with Crippen molar-refractivity contribution >= 4 is 75.4 Å². The van der Waals surface area contributed by atoms with Gasteiger partial charge < -0.3 is 8.83 Å². The summed E-state index contributed by atoms with van der Waals surface area (Å²) in [5.74, 6) is 0. The Kier molecular flexibility index (Phi) is 6.48. The van der Waals surface area contributed by atoms with Crippen molar-refractivity contribution < 1.29 is 8.83 Å². The lowest BCUT2D eigenvalue weighted by atomic mass is 9.99. The monoisotopic (exact) mass is 677 g/mol. The number of thiophene rings is 1. The van der Waals surface area contributed by atoms with Crippen LogP contribution in [0.1, 0.15) is 35.2 Å². The Labute approximate surface area is 297 Å². The van der Waals surface area contributed by atoms with E-state index in [2.05, 4.69) is 155 Å². The molecule has 7 aromatic carbocycles. The summed E-state index contributed by atoms with van der Waals surface area (Å²) in [6.07, 6.45) is -0.376. The maximum Gasteiger partial charge on any atom is 0.141 e. The smallest absolute Gasteiger partial charge is 0.141 e. The molecular formula is C45H31N3O2S. The number of hydrogen-bond acceptors (Lipinski definition) is 6. The average molecular weight is 678 g/mol. The number of para-hydroxylation sites is 2. The molecule has 1 fully saturated rings. The first-order chi connectivity index (χ1) is 25.2. The summed E-state index contributed by atoms with van der Waals surface area (Å²) in [4.78, 5) is 0. The highest BCUT2D eigenvalue weighted by atomic mass is 32.1. The molecule has 1 aliphatic heterocycles. The van der Waals surface area contributed by atoms with Gasteiger partial charge in [-0.2, -0.15) is 0 Å². The average Bonchev–Trinajstić information content (AvgIpc) is 3.88. The molecule has 5 nitrogen and oxygen atoms in total. The maximum atomic E-state index is 6.71. The van der Waals surface area contributed by atoms with E-state index >= 15 is 0 Å². The predicted octanol–water partition coefficient (Wildman–Crippen LogP) is 11.7. The maximum absolute atomic E-state index is 6.71. The summed E-state index contributed by atoms with van der Waals surface area (Å²) in [6, 6.07) is 53.8.